The molecule has 0 bridgehead atoms. The smallest absolute Gasteiger partial charge is 0.0623 e. The normalized spacial score (nSPS) is 44.3. The van der Waals surface area contributed by atoms with Gasteiger partial charge in [-0.2, -0.15) is 0 Å². The monoisotopic (exact) mass is 441 g/mol. The lowest BCUT2D eigenvalue weighted by molar-refractivity contribution is -0.320. The van der Waals surface area contributed by atoms with Crippen molar-refractivity contribution in [1.29, 1.82) is 0 Å². The summed E-state index contributed by atoms with van der Waals surface area (Å²) in [6.07, 6.45) is 11.4. The zero-order valence-corrected chi connectivity index (χ0v) is 21.0. The van der Waals surface area contributed by atoms with Crippen LogP contribution in [0.1, 0.15) is 92.4 Å². The van der Waals surface area contributed by atoms with E-state index in [1.807, 2.05) is 0 Å². The minimum Gasteiger partial charge on any atom is -0.550 e. The fourth-order valence-electron chi connectivity index (χ4n) is 8.80. The molecule has 4 rings (SSSR count). The van der Waals surface area contributed by atoms with Gasteiger partial charge in [0.25, 0.3) is 0 Å². The highest BCUT2D eigenvalue weighted by Crippen LogP contribution is 2.67. The molecule has 0 aromatic rings. The first-order valence-electron chi connectivity index (χ1n) is 13.3. The number of hydrogen-bond acceptors (Lipinski definition) is 3. The van der Waals surface area contributed by atoms with Crippen LogP contribution in [-0.4, -0.2) is 17.2 Å². The summed E-state index contributed by atoms with van der Waals surface area (Å²) in [5, 5.41) is 22.4. The van der Waals surface area contributed by atoms with Crippen molar-refractivity contribution in [2.75, 3.05) is 0 Å². The molecule has 0 spiro atoms. The second kappa shape index (κ2) is 8.60. The van der Waals surface area contributed by atoms with Gasteiger partial charge < -0.3 is 15.0 Å². The number of allylic oxidation sites excluding steroid dienone is 3. The first kappa shape index (κ1) is 24.0. The maximum Gasteiger partial charge on any atom is 0.0623 e. The second-order valence-electron chi connectivity index (χ2n) is 12.7. The molecule has 4 aliphatic carbocycles. The molecule has 0 heterocycles. The Hall–Kier alpha value is -1.09. The number of rotatable bonds is 6. The van der Waals surface area contributed by atoms with E-state index in [9.17, 15) is 15.0 Å². The molecule has 4 aliphatic rings. The lowest BCUT2D eigenvalue weighted by Crippen LogP contribution is -2.57. The maximum atomic E-state index is 11.9. The predicted octanol–water partition coefficient (Wildman–Crippen LogP) is 5.53. The maximum absolute atomic E-state index is 11.9. The van der Waals surface area contributed by atoms with E-state index in [1.165, 1.54) is 37.7 Å². The summed E-state index contributed by atoms with van der Waals surface area (Å²) in [5.74, 6) is 1.42. The number of hydrogen-bond donors (Lipinski definition) is 1. The van der Waals surface area contributed by atoms with Gasteiger partial charge in [-0.1, -0.05) is 58.4 Å². The highest BCUT2D eigenvalue weighted by Gasteiger charge is 2.59. The molecule has 3 fully saturated rings. The summed E-state index contributed by atoms with van der Waals surface area (Å²) in [4.78, 5) is 11.9. The largest absolute Gasteiger partial charge is 0.550 e. The predicted molar refractivity (Wildman–Crippen MR) is 127 cm³/mol. The van der Waals surface area contributed by atoms with Crippen LogP contribution in [0.2, 0.25) is 0 Å². The van der Waals surface area contributed by atoms with Crippen molar-refractivity contribution in [1.82, 2.24) is 0 Å². The van der Waals surface area contributed by atoms with Crippen molar-refractivity contribution in [3.63, 3.8) is 0 Å². The molecule has 1 N–H and O–H groups in total. The van der Waals surface area contributed by atoms with Crippen molar-refractivity contribution < 1.29 is 15.0 Å². The Bertz CT molecular complexity index is 781. The Labute approximate surface area is 195 Å². The molecule has 0 aromatic heterocycles. The second-order valence-corrected chi connectivity index (χ2v) is 12.7. The van der Waals surface area contributed by atoms with Gasteiger partial charge in [-0.25, -0.2) is 0 Å². The summed E-state index contributed by atoms with van der Waals surface area (Å²) < 4.78 is 0. The highest BCUT2D eigenvalue weighted by atomic mass is 16.4. The van der Waals surface area contributed by atoms with E-state index in [2.05, 4.69) is 47.3 Å². The van der Waals surface area contributed by atoms with E-state index in [-0.39, 0.29) is 11.3 Å². The fourth-order valence-corrected chi connectivity index (χ4v) is 8.80. The molecular weight excluding hydrogens is 396 g/mol. The lowest BCUT2D eigenvalue weighted by Gasteiger charge is -2.59. The molecule has 9 unspecified atom stereocenters. The van der Waals surface area contributed by atoms with Crippen LogP contribution in [0.3, 0.4) is 0 Å². The van der Waals surface area contributed by atoms with Crippen molar-refractivity contribution in [2.24, 2.45) is 52.3 Å². The van der Waals surface area contributed by atoms with Gasteiger partial charge in [0.1, 0.15) is 0 Å². The molecule has 3 heteroatoms. The minimum atomic E-state index is -1.05. The van der Waals surface area contributed by atoms with E-state index < -0.39 is 18.0 Å². The van der Waals surface area contributed by atoms with Crippen LogP contribution >= 0.6 is 0 Å². The van der Waals surface area contributed by atoms with Crippen molar-refractivity contribution in [3.05, 3.63) is 23.8 Å². The lowest BCUT2D eigenvalue weighted by atomic mass is 9.46. The molecule has 0 aromatic carbocycles. The third-order valence-electron chi connectivity index (χ3n) is 11.0. The Kier molecular flexibility index (Phi) is 6.46. The van der Waals surface area contributed by atoms with E-state index in [0.29, 0.717) is 29.6 Å². The topological polar surface area (TPSA) is 60.4 Å². The molecule has 3 saturated carbocycles. The molecule has 0 radical (unpaired) electrons. The number of carbonyl (C=O) groups excluding carboxylic acids is 1. The minimum absolute atomic E-state index is 0.00697. The Morgan fingerprint density at radius 1 is 1.12 bits per heavy atom. The van der Waals surface area contributed by atoms with E-state index in [0.717, 1.165) is 31.1 Å². The molecule has 0 saturated heterocycles. The van der Waals surface area contributed by atoms with Gasteiger partial charge in [-0.15, -0.1) is 0 Å². The summed E-state index contributed by atoms with van der Waals surface area (Å²) in [5.41, 5.74) is 3.38. The van der Waals surface area contributed by atoms with Gasteiger partial charge in [-0.3, -0.25) is 0 Å². The van der Waals surface area contributed by atoms with Crippen molar-refractivity contribution in [2.45, 2.75) is 98.5 Å². The highest BCUT2D eigenvalue weighted by molar-refractivity contribution is 5.69. The number of carboxylic acids is 1. The fraction of sp³-hybridized carbons (Fsp3) is 0.828. The average molecular weight is 442 g/mol. The average Bonchev–Trinajstić information content (AvgIpc) is 3.09. The van der Waals surface area contributed by atoms with Gasteiger partial charge in [0.15, 0.2) is 0 Å². The number of carboxylic acid groups (broad SMARTS) is 1. The molecule has 3 nitrogen and oxygen atoms in total. The standard InChI is InChI=1S/C29H46O3/c1-17(2)18(3)7-8-19(4)21-11-12-22-20-9-10-24-26(27(31)32)25(30)14-16-29(24,6)23(20)13-15-28(21,22)5/h9,17,19,21-26,30H,3,7-8,10-16H2,1-2,4-6H3,(H,31,32)/p-1. The van der Waals surface area contributed by atoms with Crippen LogP contribution in [0.25, 0.3) is 0 Å². The van der Waals surface area contributed by atoms with E-state index >= 15 is 0 Å². The Morgan fingerprint density at radius 2 is 1.78 bits per heavy atom. The molecule has 0 amide bonds. The van der Waals surface area contributed by atoms with Crippen LogP contribution in [0.4, 0.5) is 0 Å². The Morgan fingerprint density at radius 3 is 2.44 bits per heavy atom. The summed E-state index contributed by atoms with van der Waals surface area (Å²) >= 11 is 0. The zero-order chi connectivity index (χ0) is 23.4. The summed E-state index contributed by atoms with van der Waals surface area (Å²) in [6, 6.07) is 0. The molecule has 0 aliphatic heterocycles. The molecule has 180 valence electrons. The van der Waals surface area contributed by atoms with Gasteiger partial charge in [0, 0.05) is 11.9 Å². The number of carbonyl (C=O) groups is 1. The quantitative estimate of drug-likeness (QED) is 0.551. The van der Waals surface area contributed by atoms with Crippen molar-refractivity contribution in [3.8, 4) is 0 Å². The van der Waals surface area contributed by atoms with Gasteiger partial charge in [0.2, 0.25) is 0 Å². The van der Waals surface area contributed by atoms with Gasteiger partial charge >= 0.3 is 0 Å². The van der Waals surface area contributed by atoms with Gasteiger partial charge in [0.05, 0.1) is 6.10 Å². The summed E-state index contributed by atoms with van der Waals surface area (Å²) in [6.45, 7) is 16.2. The zero-order valence-electron chi connectivity index (χ0n) is 21.0. The van der Waals surface area contributed by atoms with Crippen LogP contribution in [0.5, 0.6) is 0 Å². The third kappa shape index (κ3) is 3.71. The third-order valence-corrected chi connectivity index (χ3v) is 11.0. The first-order valence-corrected chi connectivity index (χ1v) is 13.3. The van der Waals surface area contributed by atoms with Crippen LogP contribution in [-0.2, 0) is 4.79 Å². The Balaban J connectivity index is 1.55. The summed E-state index contributed by atoms with van der Waals surface area (Å²) in [7, 11) is 0. The van der Waals surface area contributed by atoms with E-state index in [1.54, 1.807) is 5.57 Å². The van der Waals surface area contributed by atoms with Gasteiger partial charge in [-0.05, 0) is 104 Å². The number of fused-ring (bicyclic) bond motifs is 5. The SMILES string of the molecule is C=C(CCC(C)C1CCC2C3=CCC4C(C(=O)[O-])C(O)CCC4(C)C3CCC21C)C(C)C. The molecule has 9 atom stereocenters. The van der Waals surface area contributed by atoms with Crippen LogP contribution in [0.15, 0.2) is 23.8 Å². The van der Waals surface area contributed by atoms with Crippen LogP contribution in [0, 0.1) is 52.3 Å². The number of aliphatic hydroxyl groups excluding tert-OH is 1. The molecular formula is C29H45O3-. The van der Waals surface area contributed by atoms with Crippen LogP contribution < -0.4 is 5.11 Å². The van der Waals surface area contributed by atoms with Crippen molar-refractivity contribution >= 4 is 5.97 Å². The number of aliphatic hydroxyl groups is 1. The number of aliphatic carboxylic acids is 1. The van der Waals surface area contributed by atoms with E-state index in [4.69, 9.17) is 0 Å². The molecule has 32 heavy (non-hydrogen) atoms. The first-order chi connectivity index (χ1) is 15.0.